The van der Waals surface area contributed by atoms with Gasteiger partial charge in [-0.3, -0.25) is 9.59 Å². The molecule has 0 rings (SSSR count). The SMILES string of the molecule is CC/C=C\C/C=C\C/C=C\C/C=C\C/C=C\C/C=C\C/C=C\C/C=C\C/C=C\CCCCCCCCCCCC(=O)OC(COC(=O)CCCCCCCCCCCCCC/C=C\C/C=C\C/C=C\C/C=C\CC)COC(OCC[N+](C)(C)C)C(=O)O. The molecule has 2 atom stereocenters. The van der Waals surface area contributed by atoms with E-state index in [1.54, 1.807) is 0 Å². The summed E-state index contributed by atoms with van der Waals surface area (Å²) in [7, 11) is 5.96. The molecule has 87 heavy (non-hydrogen) atoms. The first-order valence-electron chi connectivity index (χ1n) is 34.6. The lowest BCUT2D eigenvalue weighted by molar-refractivity contribution is -0.870. The maximum atomic E-state index is 12.9. The maximum Gasteiger partial charge on any atom is 0.361 e. The van der Waals surface area contributed by atoms with Gasteiger partial charge in [0.2, 0.25) is 0 Å². The first-order valence-corrected chi connectivity index (χ1v) is 34.6. The summed E-state index contributed by atoms with van der Waals surface area (Å²) in [5.41, 5.74) is 0. The number of aliphatic carboxylic acids is 1. The fourth-order valence-electron chi connectivity index (χ4n) is 9.06. The van der Waals surface area contributed by atoms with Crippen LogP contribution in [0.25, 0.3) is 0 Å². The smallest absolute Gasteiger partial charge is 0.361 e. The zero-order valence-electron chi connectivity index (χ0n) is 56.1. The molecule has 0 aromatic rings. The minimum atomic E-state index is -1.52. The third kappa shape index (κ3) is 68.3. The number of unbranched alkanes of at least 4 members (excludes halogenated alkanes) is 21. The molecule has 0 fully saturated rings. The molecule has 0 saturated heterocycles. The van der Waals surface area contributed by atoms with Crippen molar-refractivity contribution in [1.29, 1.82) is 0 Å². The molecule has 0 aliphatic carbocycles. The van der Waals surface area contributed by atoms with Gasteiger partial charge in [-0.2, -0.15) is 0 Å². The van der Waals surface area contributed by atoms with Crippen molar-refractivity contribution in [2.24, 2.45) is 0 Å². The number of esters is 2. The van der Waals surface area contributed by atoms with E-state index in [0.29, 0.717) is 17.4 Å². The maximum absolute atomic E-state index is 12.9. The molecule has 2 unspecified atom stereocenters. The van der Waals surface area contributed by atoms with E-state index in [-0.39, 0.29) is 38.6 Å². The molecule has 0 amide bonds. The number of hydrogen-bond donors (Lipinski definition) is 1. The highest BCUT2D eigenvalue weighted by Gasteiger charge is 2.25. The topological polar surface area (TPSA) is 108 Å². The Morgan fingerprint density at radius 3 is 0.920 bits per heavy atom. The van der Waals surface area contributed by atoms with Crippen LogP contribution in [0.5, 0.6) is 0 Å². The van der Waals surface area contributed by atoms with Gasteiger partial charge < -0.3 is 28.5 Å². The van der Waals surface area contributed by atoms with Crippen LogP contribution < -0.4 is 0 Å². The number of rotatable bonds is 62. The molecule has 0 bridgehead atoms. The van der Waals surface area contributed by atoms with Gasteiger partial charge in [0.25, 0.3) is 6.29 Å². The summed E-state index contributed by atoms with van der Waals surface area (Å²) in [6.45, 7) is 4.64. The number of quaternary nitrogens is 1. The van der Waals surface area contributed by atoms with Crippen molar-refractivity contribution in [1.82, 2.24) is 0 Å². The van der Waals surface area contributed by atoms with Crippen LogP contribution in [-0.2, 0) is 33.3 Å². The number of likely N-dealkylation sites (N-methyl/N-ethyl adjacent to an activating group) is 1. The zero-order chi connectivity index (χ0) is 63.3. The molecule has 0 aliphatic rings. The predicted octanol–water partition coefficient (Wildman–Crippen LogP) is 21.7. The first kappa shape index (κ1) is 81.9. The summed E-state index contributed by atoms with van der Waals surface area (Å²) in [5.74, 6) is -2.03. The lowest BCUT2D eigenvalue weighted by Crippen LogP contribution is -2.40. The number of nitrogens with zero attached hydrogens (tertiary/aromatic N) is 1. The molecule has 0 aromatic heterocycles. The van der Waals surface area contributed by atoms with Crippen molar-refractivity contribution >= 4 is 17.9 Å². The van der Waals surface area contributed by atoms with Gasteiger partial charge in [0.05, 0.1) is 34.4 Å². The second-order valence-corrected chi connectivity index (χ2v) is 23.7. The molecule has 0 radical (unpaired) electrons. The number of carbonyl (C=O) groups excluding carboxylic acids is 2. The van der Waals surface area contributed by atoms with E-state index in [1.165, 1.54) is 96.3 Å². The van der Waals surface area contributed by atoms with Crippen LogP contribution >= 0.6 is 0 Å². The van der Waals surface area contributed by atoms with Crippen LogP contribution in [0.4, 0.5) is 0 Å². The fraction of sp³-hybridized carbons (Fsp3) is 0.628. The highest BCUT2D eigenvalue weighted by Crippen LogP contribution is 2.16. The quantitative estimate of drug-likeness (QED) is 0.0211. The van der Waals surface area contributed by atoms with Crippen molar-refractivity contribution in [2.45, 2.75) is 270 Å². The molecule has 0 saturated carbocycles. The number of carboxylic acids is 1. The molecule has 1 N–H and O–H groups in total. The molecular formula is C78H128NO8+. The normalized spacial score (nSPS) is 13.7. The summed E-state index contributed by atoms with van der Waals surface area (Å²) < 4.78 is 23.0. The van der Waals surface area contributed by atoms with Crippen LogP contribution in [0.1, 0.15) is 258 Å². The molecular weight excluding hydrogens is 1080 g/mol. The number of carbonyl (C=O) groups is 3. The monoisotopic (exact) mass is 1210 g/mol. The second-order valence-electron chi connectivity index (χ2n) is 23.7. The molecule has 0 aliphatic heterocycles. The summed E-state index contributed by atoms with van der Waals surface area (Å²) in [4.78, 5) is 37.6. The van der Waals surface area contributed by atoms with Gasteiger partial charge >= 0.3 is 17.9 Å². The van der Waals surface area contributed by atoms with Gasteiger partial charge in [0.1, 0.15) is 13.2 Å². The highest BCUT2D eigenvalue weighted by molar-refractivity contribution is 5.71. The minimum absolute atomic E-state index is 0.179. The molecule has 492 valence electrons. The average Bonchev–Trinajstić information content (AvgIpc) is 3.57. The summed E-state index contributed by atoms with van der Waals surface area (Å²) >= 11 is 0. The van der Waals surface area contributed by atoms with Crippen molar-refractivity contribution < 1.29 is 42.9 Å². The summed E-state index contributed by atoms with van der Waals surface area (Å²) in [6, 6.07) is 0. The Labute approximate surface area is 534 Å². The molecule has 0 heterocycles. The summed E-state index contributed by atoms with van der Waals surface area (Å²) in [5, 5.41) is 9.75. The third-order valence-corrected chi connectivity index (χ3v) is 14.3. The number of ether oxygens (including phenoxy) is 4. The van der Waals surface area contributed by atoms with E-state index in [2.05, 4.69) is 172 Å². The van der Waals surface area contributed by atoms with Gasteiger partial charge in [-0.1, -0.05) is 281 Å². The Balaban J connectivity index is 4.19. The Bertz CT molecular complexity index is 1990. The lowest BCUT2D eigenvalue weighted by Gasteiger charge is -2.25. The zero-order valence-corrected chi connectivity index (χ0v) is 56.1. The number of carboxylic acid groups (broad SMARTS) is 1. The fourth-order valence-corrected chi connectivity index (χ4v) is 9.06. The van der Waals surface area contributed by atoms with E-state index in [1.807, 2.05) is 21.1 Å². The van der Waals surface area contributed by atoms with Crippen LogP contribution in [0.2, 0.25) is 0 Å². The Morgan fingerprint density at radius 1 is 0.345 bits per heavy atom. The Hall–Kier alpha value is -5.09. The molecule has 9 nitrogen and oxygen atoms in total. The largest absolute Gasteiger partial charge is 0.477 e. The van der Waals surface area contributed by atoms with Gasteiger partial charge in [0.15, 0.2) is 6.10 Å². The van der Waals surface area contributed by atoms with E-state index in [0.717, 1.165) is 128 Å². The lowest BCUT2D eigenvalue weighted by atomic mass is 10.0. The highest BCUT2D eigenvalue weighted by atomic mass is 16.7. The van der Waals surface area contributed by atoms with Crippen LogP contribution in [0, 0.1) is 0 Å². The van der Waals surface area contributed by atoms with E-state index < -0.39 is 24.3 Å². The van der Waals surface area contributed by atoms with Crippen molar-refractivity contribution in [2.75, 3.05) is 47.5 Å². The predicted molar refractivity (Wildman–Crippen MR) is 373 cm³/mol. The van der Waals surface area contributed by atoms with Crippen molar-refractivity contribution in [3.63, 3.8) is 0 Å². The minimum Gasteiger partial charge on any atom is -0.477 e. The first-order chi connectivity index (χ1) is 42.6. The Morgan fingerprint density at radius 2 is 0.621 bits per heavy atom. The standard InChI is InChI=1S/C78H127NO8/c1-6-8-10-12-14-16-18-20-22-24-26-28-30-32-33-34-35-36-37-38-39-40-41-42-43-45-47-49-51-53-55-57-59-61-63-65-67-69-76(81)87-74(73-86-78(77(82)83)84-71-70-79(3,4)5)72-85-75(80)68-66-64-62-60-58-56-54-52-50-48-46-44-31-29-27-25-23-21-19-17-15-13-11-9-7-2/h8-11,14-17,20-23,26-29,32-33,35-36,38-39,41-42,45,47,74,78H,6-7,12-13,18-19,24-25,30-31,34,37,40,43-44,46,48-73H2,1-5H3/p+1/b10-8-,11-9-,16-14-,17-15-,22-20-,23-21-,28-26-,29-27-,33-32-,36-35-,39-38-,42-41-,47-45-. The molecule has 0 aromatic carbocycles. The second kappa shape index (κ2) is 66.9. The van der Waals surface area contributed by atoms with Crippen LogP contribution in [-0.4, -0.2) is 87.4 Å². The van der Waals surface area contributed by atoms with E-state index >= 15 is 0 Å². The van der Waals surface area contributed by atoms with Crippen LogP contribution in [0.3, 0.4) is 0 Å². The number of allylic oxidation sites excluding steroid dienone is 26. The number of hydrogen-bond acceptors (Lipinski definition) is 7. The Kier molecular flexibility index (Phi) is 62.9. The van der Waals surface area contributed by atoms with Crippen molar-refractivity contribution in [3.8, 4) is 0 Å². The van der Waals surface area contributed by atoms with Crippen molar-refractivity contribution in [3.05, 3.63) is 158 Å². The average molecular weight is 1210 g/mol. The van der Waals surface area contributed by atoms with Gasteiger partial charge in [-0.15, -0.1) is 0 Å². The van der Waals surface area contributed by atoms with Gasteiger partial charge in [-0.25, -0.2) is 4.79 Å². The summed E-state index contributed by atoms with van der Waals surface area (Å²) in [6.07, 6.45) is 96.3. The van der Waals surface area contributed by atoms with Gasteiger partial charge in [0, 0.05) is 12.8 Å². The molecule has 0 spiro atoms. The third-order valence-electron chi connectivity index (χ3n) is 14.3. The van der Waals surface area contributed by atoms with Crippen LogP contribution in [0.15, 0.2) is 158 Å². The molecule has 9 heteroatoms. The van der Waals surface area contributed by atoms with E-state index in [9.17, 15) is 19.5 Å². The van der Waals surface area contributed by atoms with Gasteiger partial charge in [-0.05, 0) is 122 Å². The van der Waals surface area contributed by atoms with E-state index in [4.69, 9.17) is 18.9 Å².